The molecule has 5 heteroatoms. The van der Waals surface area contributed by atoms with E-state index in [1.165, 1.54) is 7.11 Å². The number of methoxy groups -OCH3 is 1. The van der Waals surface area contributed by atoms with E-state index in [1.807, 2.05) is 24.3 Å². The van der Waals surface area contributed by atoms with Gasteiger partial charge in [0.2, 0.25) is 0 Å². The molecule has 0 spiro atoms. The smallest absolute Gasteiger partial charge is 0.334 e. The van der Waals surface area contributed by atoms with Crippen molar-refractivity contribution in [3.63, 3.8) is 0 Å². The molecule has 1 aromatic carbocycles. The first-order valence-corrected chi connectivity index (χ1v) is 6.88. The third-order valence-electron chi connectivity index (χ3n) is 3.11. The molecule has 0 amide bonds. The zero-order chi connectivity index (χ0) is 14.1. The van der Waals surface area contributed by atoms with Crippen LogP contribution in [0, 0.1) is 0 Å². The highest BCUT2D eigenvalue weighted by atomic mass is 79.9. The zero-order valence-electron chi connectivity index (χ0n) is 10.8. The number of ether oxygens (including phenoxy) is 1. The molecule has 20 heavy (non-hydrogen) atoms. The molecule has 1 heterocycles. The normalized spacial score (nSPS) is 16.7. The number of esters is 1. The van der Waals surface area contributed by atoms with Crippen LogP contribution in [0.5, 0.6) is 0 Å². The van der Waals surface area contributed by atoms with Crippen LogP contribution in [-0.4, -0.2) is 24.6 Å². The second kappa shape index (κ2) is 5.17. The van der Waals surface area contributed by atoms with Crippen LogP contribution in [0.1, 0.15) is 12.0 Å². The number of hydrogen-bond donors (Lipinski definition) is 0. The number of benzene rings is 1. The fourth-order valence-corrected chi connectivity index (χ4v) is 2.33. The highest BCUT2D eigenvalue weighted by molar-refractivity contribution is 9.10. The maximum absolute atomic E-state index is 11.5. The first-order valence-electron chi connectivity index (χ1n) is 6.09. The van der Waals surface area contributed by atoms with Gasteiger partial charge in [-0.3, -0.25) is 0 Å². The predicted molar refractivity (Wildman–Crippen MR) is 80.9 cm³/mol. The number of aliphatic imine (C=N–C) groups is 2. The molecule has 0 unspecified atom stereocenters. The van der Waals surface area contributed by atoms with Crippen molar-refractivity contribution in [2.75, 3.05) is 7.11 Å². The van der Waals surface area contributed by atoms with E-state index in [2.05, 4.69) is 25.9 Å². The summed E-state index contributed by atoms with van der Waals surface area (Å²) >= 11 is 3.40. The molecule has 100 valence electrons. The van der Waals surface area contributed by atoms with Gasteiger partial charge in [0.1, 0.15) is 0 Å². The van der Waals surface area contributed by atoms with E-state index < -0.39 is 0 Å². The van der Waals surface area contributed by atoms with Gasteiger partial charge in [0.15, 0.2) is 5.84 Å². The van der Waals surface area contributed by atoms with Crippen molar-refractivity contribution >= 4 is 33.4 Å². The molecule has 1 aliphatic carbocycles. The quantitative estimate of drug-likeness (QED) is 0.782. The number of nitrogens with zero attached hydrogens (tertiary/aromatic N) is 2. The first-order chi connectivity index (χ1) is 9.67. The van der Waals surface area contributed by atoms with Crippen LogP contribution in [0.2, 0.25) is 0 Å². The molecule has 0 aromatic heterocycles. The van der Waals surface area contributed by atoms with Gasteiger partial charge >= 0.3 is 5.97 Å². The fourth-order valence-electron chi connectivity index (χ4n) is 2.07. The number of halogens is 1. The van der Waals surface area contributed by atoms with Gasteiger partial charge < -0.3 is 4.74 Å². The van der Waals surface area contributed by atoms with Gasteiger partial charge in [-0.25, -0.2) is 14.8 Å². The first kappa shape index (κ1) is 13.0. The Balaban J connectivity index is 1.88. The lowest BCUT2D eigenvalue weighted by Gasteiger charge is -2.09. The maximum Gasteiger partial charge on any atom is 0.334 e. The van der Waals surface area contributed by atoms with Crippen molar-refractivity contribution in [2.45, 2.75) is 6.42 Å². The van der Waals surface area contributed by atoms with Gasteiger partial charge in [0.05, 0.1) is 18.5 Å². The summed E-state index contributed by atoms with van der Waals surface area (Å²) in [4.78, 5) is 20.5. The molecule has 3 rings (SSSR count). The molecular weight excluding hydrogens is 320 g/mol. The molecule has 1 aromatic rings. The van der Waals surface area contributed by atoms with Gasteiger partial charge in [-0.15, -0.1) is 0 Å². The Morgan fingerprint density at radius 3 is 2.65 bits per heavy atom. The third-order valence-corrected chi connectivity index (χ3v) is 3.64. The monoisotopic (exact) mass is 330 g/mol. The van der Waals surface area contributed by atoms with Crippen LogP contribution in [0.15, 0.2) is 62.1 Å². The van der Waals surface area contributed by atoms with Crippen LogP contribution in [0.25, 0.3) is 0 Å². The Bertz CT molecular complexity index is 697. The molecule has 0 N–H and O–H groups in total. The average Bonchev–Trinajstić information content (AvgIpc) is 2.90. The standard InChI is InChI=1S/C15H11BrN2O2/c1-20-15(19)10-4-7-12-13(8-10)18-14(17-12)9-2-5-11(16)6-3-9/h2-7H,8H2,1H3. The minimum atomic E-state index is -0.319. The van der Waals surface area contributed by atoms with E-state index in [0.29, 0.717) is 17.8 Å². The molecule has 1 aliphatic heterocycles. The van der Waals surface area contributed by atoms with E-state index in [9.17, 15) is 4.79 Å². The van der Waals surface area contributed by atoms with Crippen LogP contribution in [0.4, 0.5) is 0 Å². The van der Waals surface area contributed by atoms with E-state index in [1.54, 1.807) is 12.2 Å². The van der Waals surface area contributed by atoms with Crippen LogP contribution in [-0.2, 0) is 9.53 Å². The third kappa shape index (κ3) is 2.36. The van der Waals surface area contributed by atoms with E-state index in [-0.39, 0.29) is 5.97 Å². The molecule has 0 fully saturated rings. The van der Waals surface area contributed by atoms with Gasteiger partial charge in [0, 0.05) is 22.0 Å². The highest BCUT2D eigenvalue weighted by Gasteiger charge is 2.24. The Labute approximate surface area is 124 Å². The average molecular weight is 331 g/mol. The largest absolute Gasteiger partial charge is 0.466 e. The maximum atomic E-state index is 11.5. The van der Waals surface area contributed by atoms with Crippen molar-refractivity contribution in [2.24, 2.45) is 9.98 Å². The molecule has 4 nitrogen and oxygen atoms in total. The predicted octanol–water partition coefficient (Wildman–Crippen LogP) is 3.04. The summed E-state index contributed by atoms with van der Waals surface area (Å²) in [5, 5.41) is 0. The SMILES string of the molecule is COC(=O)C1=CC=C2N=C(c3ccc(Br)cc3)N=C2C1. The Morgan fingerprint density at radius 1 is 1.20 bits per heavy atom. The lowest BCUT2D eigenvalue weighted by molar-refractivity contribution is -0.136. The topological polar surface area (TPSA) is 51.0 Å². The molecule has 0 bridgehead atoms. The summed E-state index contributed by atoms with van der Waals surface area (Å²) < 4.78 is 5.74. The molecule has 0 atom stereocenters. The number of rotatable bonds is 2. The Morgan fingerprint density at radius 2 is 1.95 bits per heavy atom. The fraction of sp³-hybridized carbons (Fsp3) is 0.133. The van der Waals surface area contributed by atoms with Crippen molar-refractivity contribution in [1.82, 2.24) is 0 Å². The van der Waals surface area contributed by atoms with Crippen molar-refractivity contribution < 1.29 is 9.53 Å². The van der Waals surface area contributed by atoms with Crippen LogP contribution >= 0.6 is 15.9 Å². The van der Waals surface area contributed by atoms with Crippen LogP contribution < -0.4 is 0 Å². The van der Waals surface area contributed by atoms with Gasteiger partial charge in [0.25, 0.3) is 0 Å². The minimum Gasteiger partial charge on any atom is -0.466 e. The number of hydrogen-bond acceptors (Lipinski definition) is 4. The van der Waals surface area contributed by atoms with Crippen LogP contribution in [0.3, 0.4) is 0 Å². The summed E-state index contributed by atoms with van der Waals surface area (Å²) in [6.07, 6.45) is 4.01. The summed E-state index contributed by atoms with van der Waals surface area (Å²) in [7, 11) is 1.38. The second-order valence-electron chi connectivity index (χ2n) is 4.41. The van der Waals surface area contributed by atoms with Gasteiger partial charge in [-0.05, 0) is 24.3 Å². The Hall–Kier alpha value is -2.01. The van der Waals surface area contributed by atoms with Crippen molar-refractivity contribution in [3.05, 3.63) is 57.7 Å². The molecule has 2 aliphatic rings. The number of fused-ring (bicyclic) bond motifs is 1. The number of amidine groups is 1. The van der Waals surface area contributed by atoms with E-state index in [0.717, 1.165) is 21.4 Å². The second-order valence-corrected chi connectivity index (χ2v) is 5.33. The summed E-state index contributed by atoms with van der Waals surface area (Å²) in [6.45, 7) is 0. The molecule has 0 saturated heterocycles. The molecule has 0 radical (unpaired) electrons. The summed E-state index contributed by atoms with van der Waals surface area (Å²) in [6, 6.07) is 7.82. The number of carbonyl (C=O) groups is 1. The number of allylic oxidation sites excluding steroid dienone is 3. The molecule has 0 saturated carbocycles. The molecular formula is C15H11BrN2O2. The van der Waals surface area contributed by atoms with Crippen molar-refractivity contribution in [3.8, 4) is 0 Å². The van der Waals surface area contributed by atoms with E-state index in [4.69, 9.17) is 4.74 Å². The van der Waals surface area contributed by atoms with Crippen molar-refractivity contribution in [1.29, 1.82) is 0 Å². The van der Waals surface area contributed by atoms with E-state index >= 15 is 0 Å². The van der Waals surface area contributed by atoms with Gasteiger partial charge in [-0.1, -0.05) is 28.1 Å². The lowest BCUT2D eigenvalue weighted by Crippen LogP contribution is -2.12. The summed E-state index contributed by atoms with van der Waals surface area (Å²) in [5.41, 5.74) is 3.18. The zero-order valence-corrected chi connectivity index (χ0v) is 12.3. The summed E-state index contributed by atoms with van der Waals surface area (Å²) in [5.74, 6) is 0.360. The van der Waals surface area contributed by atoms with Gasteiger partial charge in [-0.2, -0.15) is 0 Å². The Kier molecular flexibility index (Phi) is 3.36. The lowest BCUT2D eigenvalue weighted by atomic mass is 10.0. The highest BCUT2D eigenvalue weighted by Crippen LogP contribution is 2.25. The number of carbonyl (C=O) groups excluding carboxylic acids is 1. The minimum absolute atomic E-state index is 0.319.